The molecular weight excluding hydrogens is 343 g/mol. The van der Waals surface area contributed by atoms with Gasteiger partial charge in [0.05, 0.1) is 17.9 Å². The van der Waals surface area contributed by atoms with Crippen molar-refractivity contribution in [2.45, 2.75) is 20.8 Å². The Kier molecular flexibility index (Phi) is 19.5. The van der Waals surface area contributed by atoms with Crippen molar-refractivity contribution in [3.05, 3.63) is 36.5 Å². The van der Waals surface area contributed by atoms with E-state index in [1.54, 1.807) is 0 Å². The standard InChI is InChI=1S/3C4H6O2.Rh/c3*1-3(2)4(5)6;/h3*1H2,2H3,(H,5,6);/q;;;+3/p-3. The van der Waals surface area contributed by atoms with Crippen molar-refractivity contribution in [1.82, 2.24) is 0 Å². The number of hydrogen-bond donors (Lipinski definition) is 0. The van der Waals surface area contributed by atoms with Gasteiger partial charge in [-0.05, 0) is 37.5 Å². The minimum absolute atomic E-state index is 0. The normalized spacial score (nSPS) is 7.11. The smallest absolute Gasteiger partial charge is 0.545 e. The molecule has 0 atom stereocenters. The molecule has 19 heavy (non-hydrogen) atoms. The van der Waals surface area contributed by atoms with E-state index in [9.17, 15) is 29.7 Å². The van der Waals surface area contributed by atoms with Gasteiger partial charge in [-0.25, -0.2) is 0 Å². The predicted molar refractivity (Wildman–Crippen MR) is 59.5 cm³/mol. The maximum absolute atomic E-state index is 9.49. The average Bonchev–Trinajstić information content (AvgIpc) is 2.18. The summed E-state index contributed by atoms with van der Waals surface area (Å²) in [6.45, 7) is 13.4. The molecule has 0 fully saturated rings. The largest absolute Gasteiger partial charge is 3.00 e. The quantitative estimate of drug-likeness (QED) is 0.422. The SMILES string of the molecule is C=C(C)C(=O)[O-].C=C(C)C(=O)[O-].C=C(C)C(=O)[O-].[Rh+3]. The molecule has 0 rings (SSSR count). The van der Waals surface area contributed by atoms with Crippen LogP contribution in [0.1, 0.15) is 20.8 Å². The summed E-state index contributed by atoms with van der Waals surface area (Å²) in [5.41, 5.74) is 0.194. The Balaban J connectivity index is -0.0000000865. The Labute approximate surface area is 124 Å². The van der Waals surface area contributed by atoms with Gasteiger partial charge in [0.2, 0.25) is 0 Å². The fourth-order valence-electron chi connectivity index (χ4n) is 0. The number of carbonyl (C=O) groups is 3. The second-order valence-electron chi connectivity index (χ2n) is 3.20. The van der Waals surface area contributed by atoms with Gasteiger partial charge in [-0.3, -0.25) is 0 Å². The van der Waals surface area contributed by atoms with E-state index in [1.165, 1.54) is 20.8 Å². The Morgan fingerprint density at radius 3 is 0.684 bits per heavy atom. The van der Waals surface area contributed by atoms with Crippen molar-refractivity contribution < 1.29 is 49.2 Å². The first kappa shape index (κ1) is 25.9. The third kappa shape index (κ3) is 31.4. The van der Waals surface area contributed by atoms with Gasteiger partial charge in [0.15, 0.2) is 0 Å². The molecule has 108 valence electrons. The van der Waals surface area contributed by atoms with E-state index in [0.29, 0.717) is 0 Å². The summed E-state index contributed by atoms with van der Waals surface area (Å²) in [4.78, 5) is 28.5. The molecule has 0 radical (unpaired) electrons. The van der Waals surface area contributed by atoms with Gasteiger partial charge in [0.1, 0.15) is 0 Å². The van der Waals surface area contributed by atoms with Crippen LogP contribution >= 0.6 is 0 Å². The first-order valence-corrected chi connectivity index (χ1v) is 4.54. The number of rotatable bonds is 3. The van der Waals surface area contributed by atoms with Crippen LogP contribution in [-0.2, 0) is 33.9 Å². The molecule has 0 aliphatic carbocycles. The number of hydrogen-bond acceptors (Lipinski definition) is 6. The molecule has 0 aromatic rings. The fraction of sp³-hybridized carbons (Fsp3) is 0.250. The fourth-order valence-corrected chi connectivity index (χ4v) is 0. The molecule has 0 aliphatic rings. The first-order chi connectivity index (χ1) is 7.93. The second-order valence-corrected chi connectivity index (χ2v) is 3.20. The third-order valence-electron chi connectivity index (χ3n) is 1.05. The minimum atomic E-state index is -1.19. The van der Waals surface area contributed by atoms with E-state index >= 15 is 0 Å². The zero-order valence-corrected chi connectivity index (χ0v) is 12.5. The van der Waals surface area contributed by atoms with Gasteiger partial charge < -0.3 is 29.7 Å². The summed E-state index contributed by atoms with van der Waals surface area (Å²) in [6.07, 6.45) is 0. The van der Waals surface area contributed by atoms with Crippen molar-refractivity contribution in [3.8, 4) is 0 Å². The zero-order chi connectivity index (χ0) is 15.5. The first-order valence-electron chi connectivity index (χ1n) is 4.54. The average molecular weight is 358 g/mol. The Hall–Kier alpha value is -1.75. The molecule has 0 N–H and O–H groups in total. The molecule has 0 saturated heterocycles. The van der Waals surface area contributed by atoms with E-state index in [1.807, 2.05) is 0 Å². The third-order valence-corrected chi connectivity index (χ3v) is 1.05. The van der Waals surface area contributed by atoms with Crippen LogP contribution in [0.3, 0.4) is 0 Å². The van der Waals surface area contributed by atoms with E-state index in [0.717, 1.165) is 0 Å². The molecule has 0 spiro atoms. The van der Waals surface area contributed by atoms with Gasteiger partial charge in [0.25, 0.3) is 0 Å². The Morgan fingerprint density at radius 2 is 0.684 bits per heavy atom. The zero-order valence-electron chi connectivity index (χ0n) is 10.9. The van der Waals surface area contributed by atoms with Crippen LogP contribution in [0, 0.1) is 0 Å². The van der Waals surface area contributed by atoms with Crippen LogP contribution in [0.15, 0.2) is 36.5 Å². The van der Waals surface area contributed by atoms with Crippen LogP contribution in [0.25, 0.3) is 0 Å². The van der Waals surface area contributed by atoms with E-state index in [2.05, 4.69) is 19.7 Å². The topological polar surface area (TPSA) is 120 Å². The van der Waals surface area contributed by atoms with E-state index in [4.69, 9.17) is 0 Å². The van der Waals surface area contributed by atoms with Crippen LogP contribution < -0.4 is 15.3 Å². The van der Waals surface area contributed by atoms with Crippen LogP contribution in [-0.4, -0.2) is 17.9 Å². The minimum Gasteiger partial charge on any atom is -0.545 e. The van der Waals surface area contributed by atoms with Crippen LogP contribution in [0.5, 0.6) is 0 Å². The molecule has 0 heterocycles. The maximum Gasteiger partial charge on any atom is 3.00 e. The van der Waals surface area contributed by atoms with Gasteiger partial charge >= 0.3 is 19.5 Å². The summed E-state index contributed by atoms with van der Waals surface area (Å²) in [7, 11) is 0. The summed E-state index contributed by atoms with van der Waals surface area (Å²) in [5, 5.41) is 28.5. The van der Waals surface area contributed by atoms with Gasteiger partial charge in [-0.1, -0.05) is 19.7 Å². The number of carboxylic acid groups (broad SMARTS) is 3. The summed E-state index contributed by atoms with van der Waals surface area (Å²) in [6, 6.07) is 0. The number of aliphatic carboxylic acids is 3. The molecule has 0 saturated carbocycles. The van der Waals surface area contributed by atoms with Gasteiger partial charge in [-0.2, -0.15) is 0 Å². The van der Waals surface area contributed by atoms with Crippen LogP contribution in [0.4, 0.5) is 0 Å². The monoisotopic (exact) mass is 358 g/mol. The van der Waals surface area contributed by atoms with Gasteiger partial charge in [-0.15, -0.1) is 0 Å². The van der Waals surface area contributed by atoms with Crippen LogP contribution in [0.2, 0.25) is 0 Å². The Morgan fingerprint density at radius 1 is 0.632 bits per heavy atom. The molecule has 0 aliphatic heterocycles. The van der Waals surface area contributed by atoms with Crippen molar-refractivity contribution in [2.24, 2.45) is 0 Å². The maximum atomic E-state index is 9.49. The molecule has 6 nitrogen and oxygen atoms in total. The Bertz CT molecular complexity index is 277. The molecule has 0 aromatic heterocycles. The van der Waals surface area contributed by atoms with E-state index < -0.39 is 17.9 Å². The van der Waals surface area contributed by atoms with Crippen molar-refractivity contribution >= 4 is 17.9 Å². The summed E-state index contributed by atoms with van der Waals surface area (Å²) >= 11 is 0. The molecule has 0 bridgehead atoms. The second kappa shape index (κ2) is 14.3. The summed E-state index contributed by atoms with van der Waals surface area (Å²) in [5.74, 6) is -3.56. The number of carbonyl (C=O) groups excluding carboxylic acids is 3. The molecular formula is C12H15O6Rh. The number of carboxylic acids is 3. The molecule has 7 heteroatoms. The van der Waals surface area contributed by atoms with E-state index in [-0.39, 0.29) is 36.2 Å². The van der Waals surface area contributed by atoms with Gasteiger partial charge in [0, 0.05) is 0 Å². The molecule has 0 aromatic carbocycles. The van der Waals surface area contributed by atoms with Crippen molar-refractivity contribution in [1.29, 1.82) is 0 Å². The molecule has 0 amide bonds. The molecule has 0 unspecified atom stereocenters. The predicted octanol–water partition coefficient (Wildman–Crippen LogP) is -2.07. The van der Waals surface area contributed by atoms with Crippen molar-refractivity contribution in [2.75, 3.05) is 0 Å². The summed E-state index contributed by atoms with van der Waals surface area (Å²) < 4.78 is 0. The van der Waals surface area contributed by atoms with Crippen molar-refractivity contribution in [3.63, 3.8) is 0 Å².